The number of nitrogens with zero attached hydrogens (tertiary/aromatic N) is 1. The van der Waals surface area contributed by atoms with Crippen LogP contribution in [-0.4, -0.2) is 51.9 Å². The van der Waals surface area contributed by atoms with Crippen LogP contribution in [-0.2, 0) is 27.4 Å². The number of carboxylic acid groups (broad SMARTS) is 1. The Bertz CT molecular complexity index is 865. The molecule has 10 heteroatoms. The van der Waals surface area contributed by atoms with Crippen LogP contribution in [0, 0.1) is 0 Å². The number of pyridine rings is 1. The maximum atomic E-state index is 12.1. The van der Waals surface area contributed by atoms with E-state index in [1.54, 1.807) is 30.5 Å². The first-order valence-electron chi connectivity index (χ1n) is 9.09. The Labute approximate surface area is 181 Å². The fraction of sp³-hybridized carbons (Fsp3) is 0.300. The van der Waals surface area contributed by atoms with Gasteiger partial charge in [0, 0.05) is 19.2 Å². The molecule has 160 valence electrons. The van der Waals surface area contributed by atoms with Gasteiger partial charge in [-0.25, -0.2) is 14.6 Å². The van der Waals surface area contributed by atoms with E-state index in [1.807, 2.05) is 18.2 Å². The molecule has 0 saturated carbocycles. The summed E-state index contributed by atoms with van der Waals surface area (Å²) in [7, 11) is 0. The molecule has 1 aromatic carbocycles. The van der Waals surface area contributed by atoms with Crippen molar-refractivity contribution in [2.75, 3.05) is 6.54 Å². The standard InChI is InChI=1S/C20H22BrN3O6/c21-18-14(7-4-8-22-18)9-16(19(27)28)24-17(26)10-15(25)11-23-20(29)30-12-13-5-2-1-3-6-13/h1-8,15-16,25H,9-12H2,(H,23,29)(H,24,26)(H,27,28)/t15-,16+/m0/s1. The van der Waals surface area contributed by atoms with Crippen molar-refractivity contribution in [3.8, 4) is 0 Å². The Balaban J connectivity index is 1.74. The number of aliphatic carboxylic acids is 1. The maximum Gasteiger partial charge on any atom is 0.407 e. The zero-order valence-electron chi connectivity index (χ0n) is 16.0. The Kier molecular flexibility index (Phi) is 9.23. The number of ether oxygens (including phenoxy) is 1. The number of aliphatic hydroxyl groups excluding tert-OH is 1. The van der Waals surface area contributed by atoms with Gasteiger partial charge in [-0.05, 0) is 33.1 Å². The lowest BCUT2D eigenvalue weighted by Crippen LogP contribution is -2.44. The number of rotatable bonds is 10. The molecule has 0 radical (unpaired) electrons. The molecule has 0 aliphatic heterocycles. The Morgan fingerprint density at radius 2 is 1.87 bits per heavy atom. The molecule has 0 fully saturated rings. The average Bonchev–Trinajstić information content (AvgIpc) is 2.72. The quantitative estimate of drug-likeness (QED) is 0.380. The second kappa shape index (κ2) is 11.9. The van der Waals surface area contributed by atoms with Gasteiger partial charge in [0.1, 0.15) is 17.3 Å². The van der Waals surface area contributed by atoms with Gasteiger partial charge in [-0.15, -0.1) is 0 Å². The number of amides is 2. The average molecular weight is 480 g/mol. The van der Waals surface area contributed by atoms with Crippen LogP contribution in [0.1, 0.15) is 17.5 Å². The van der Waals surface area contributed by atoms with Gasteiger partial charge in [0.2, 0.25) is 5.91 Å². The van der Waals surface area contributed by atoms with Crippen LogP contribution in [0.3, 0.4) is 0 Å². The number of halogens is 1. The van der Waals surface area contributed by atoms with Gasteiger partial charge in [-0.3, -0.25) is 4.79 Å². The number of aliphatic hydroxyl groups is 1. The molecule has 0 aliphatic carbocycles. The van der Waals surface area contributed by atoms with Gasteiger partial charge in [-0.2, -0.15) is 0 Å². The molecular formula is C20H22BrN3O6. The van der Waals surface area contributed by atoms with Crippen LogP contribution in [0.25, 0.3) is 0 Å². The number of benzene rings is 1. The lowest BCUT2D eigenvalue weighted by Gasteiger charge is -2.17. The lowest BCUT2D eigenvalue weighted by molar-refractivity contribution is -0.142. The van der Waals surface area contributed by atoms with Crippen molar-refractivity contribution in [2.24, 2.45) is 0 Å². The van der Waals surface area contributed by atoms with Gasteiger partial charge >= 0.3 is 12.1 Å². The van der Waals surface area contributed by atoms with E-state index in [4.69, 9.17) is 4.74 Å². The first-order valence-corrected chi connectivity index (χ1v) is 9.88. The smallest absolute Gasteiger partial charge is 0.407 e. The highest BCUT2D eigenvalue weighted by atomic mass is 79.9. The van der Waals surface area contributed by atoms with Crippen LogP contribution < -0.4 is 10.6 Å². The fourth-order valence-electron chi connectivity index (χ4n) is 2.51. The van der Waals surface area contributed by atoms with Gasteiger partial charge in [0.05, 0.1) is 12.5 Å². The summed E-state index contributed by atoms with van der Waals surface area (Å²) < 4.78 is 5.50. The SMILES string of the molecule is O=C(C[C@H](O)CNC(=O)OCc1ccccc1)N[C@H](Cc1cccnc1Br)C(=O)O. The fourth-order valence-corrected chi connectivity index (χ4v) is 2.92. The third kappa shape index (κ3) is 8.18. The third-order valence-electron chi connectivity index (χ3n) is 4.01. The largest absolute Gasteiger partial charge is 0.480 e. The summed E-state index contributed by atoms with van der Waals surface area (Å²) in [4.78, 5) is 39.2. The van der Waals surface area contributed by atoms with Gasteiger partial charge in [0.15, 0.2) is 0 Å². The van der Waals surface area contributed by atoms with Gasteiger partial charge in [0.25, 0.3) is 0 Å². The topological polar surface area (TPSA) is 138 Å². The Morgan fingerprint density at radius 1 is 1.13 bits per heavy atom. The summed E-state index contributed by atoms with van der Waals surface area (Å²) >= 11 is 3.23. The molecule has 30 heavy (non-hydrogen) atoms. The van der Waals surface area contributed by atoms with Crippen LogP contribution in [0.15, 0.2) is 53.3 Å². The Hall–Kier alpha value is -2.98. The van der Waals surface area contributed by atoms with Crippen molar-refractivity contribution in [2.45, 2.75) is 31.6 Å². The van der Waals surface area contributed by atoms with Crippen LogP contribution in [0.4, 0.5) is 4.79 Å². The van der Waals surface area contributed by atoms with E-state index >= 15 is 0 Å². The number of carboxylic acids is 1. The number of hydrogen-bond donors (Lipinski definition) is 4. The molecule has 2 rings (SSSR count). The molecule has 2 amide bonds. The highest BCUT2D eigenvalue weighted by molar-refractivity contribution is 9.10. The second-order valence-corrected chi connectivity index (χ2v) is 7.17. The molecule has 4 N–H and O–H groups in total. The van der Waals surface area contributed by atoms with Crippen molar-refractivity contribution in [3.05, 3.63) is 64.4 Å². The molecule has 2 atom stereocenters. The van der Waals surface area contributed by atoms with Crippen molar-refractivity contribution < 1.29 is 29.3 Å². The normalized spacial score (nSPS) is 12.5. The molecule has 1 heterocycles. The minimum absolute atomic E-state index is 0.0235. The molecule has 9 nitrogen and oxygen atoms in total. The molecule has 0 unspecified atom stereocenters. The third-order valence-corrected chi connectivity index (χ3v) is 4.72. The number of aromatic nitrogens is 1. The predicted octanol–water partition coefficient (Wildman–Crippen LogP) is 1.63. The summed E-state index contributed by atoms with van der Waals surface area (Å²) in [6, 6.07) is 11.2. The monoisotopic (exact) mass is 479 g/mol. The van der Waals surface area contributed by atoms with Crippen LogP contribution >= 0.6 is 15.9 Å². The van der Waals surface area contributed by atoms with Crippen molar-refractivity contribution in [1.29, 1.82) is 0 Å². The van der Waals surface area contributed by atoms with Crippen molar-refractivity contribution in [3.63, 3.8) is 0 Å². The van der Waals surface area contributed by atoms with Crippen LogP contribution in [0.5, 0.6) is 0 Å². The minimum atomic E-state index is -1.21. The van der Waals surface area contributed by atoms with E-state index in [0.717, 1.165) is 5.56 Å². The van der Waals surface area contributed by atoms with Gasteiger partial charge in [-0.1, -0.05) is 36.4 Å². The van der Waals surface area contributed by atoms with E-state index in [-0.39, 0.29) is 26.0 Å². The zero-order chi connectivity index (χ0) is 21.9. The second-order valence-electron chi connectivity index (χ2n) is 6.42. The number of carbonyl (C=O) groups excluding carboxylic acids is 2. The minimum Gasteiger partial charge on any atom is -0.480 e. The Morgan fingerprint density at radius 3 is 2.53 bits per heavy atom. The summed E-state index contributed by atoms with van der Waals surface area (Å²) in [5.41, 5.74) is 1.43. The van der Waals surface area contributed by atoms with E-state index in [9.17, 15) is 24.6 Å². The summed E-state index contributed by atoms with van der Waals surface area (Å²) in [5, 5.41) is 24.0. The summed E-state index contributed by atoms with van der Waals surface area (Å²) in [5.74, 6) is -1.87. The number of carbonyl (C=O) groups is 3. The summed E-state index contributed by atoms with van der Waals surface area (Å²) in [6.45, 7) is -0.139. The molecular weight excluding hydrogens is 458 g/mol. The first kappa shape index (κ1) is 23.3. The zero-order valence-corrected chi connectivity index (χ0v) is 17.5. The lowest BCUT2D eigenvalue weighted by atomic mass is 10.1. The molecule has 0 saturated heterocycles. The van der Waals surface area contributed by atoms with E-state index in [1.165, 1.54) is 0 Å². The predicted molar refractivity (Wildman–Crippen MR) is 110 cm³/mol. The van der Waals surface area contributed by atoms with Crippen LogP contribution in [0.2, 0.25) is 0 Å². The van der Waals surface area contributed by atoms with Crippen molar-refractivity contribution >= 4 is 33.9 Å². The molecule has 0 aliphatic rings. The highest BCUT2D eigenvalue weighted by Crippen LogP contribution is 2.14. The molecule has 0 spiro atoms. The number of alkyl carbamates (subject to hydrolysis) is 1. The molecule has 2 aromatic rings. The maximum absolute atomic E-state index is 12.1. The summed E-state index contributed by atoms with van der Waals surface area (Å²) in [6.07, 6.45) is -0.736. The highest BCUT2D eigenvalue weighted by Gasteiger charge is 2.23. The molecule has 0 bridgehead atoms. The number of hydrogen-bond acceptors (Lipinski definition) is 6. The first-order chi connectivity index (χ1) is 14.3. The molecule has 1 aromatic heterocycles. The van der Waals surface area contributed by atoms with E-state index in [0.29, 0.717) is 10.2 Å². The van der Waals surface area contributed by atoms with Gasteiger partial charge < -0.3 is 25.6 Å². The van der Waals surface area contributed by atoms with E-state index < -0.39 is 30.1 Å². The number of nitrogens with one attached hydrogen (secondary N) is 2. The van der Waals surface area contributed by atoms with Crippen molar-refractivity contribution in [1.82, 2.24) is 15.6 Å². The van der Waals surface area contributed by atoms with E-state index in [2.05, 4.69) is 31.5 Å².